The Bertz CT molecular complexity index is 266. The summed E-state index contributed by atoms with van der Waals surface area (Å²) in [7, 11) is 2.56. The highest BCUT2D eigenvalue weighted by atomic mass is 16.5. The number of hydrogen-bond donors (Lipinski definition) is 2. The molecule has 0 saturated carbocycles. The number of likely N-dealkylation sites (N-methyl/N-ethyl adjacent to an activating group) is 1. The Morgan fingerprint density at radius 1 is 1.47 bits per heavy atom. The predicted octanol–water partition coefficient (Wildman–Crippen LogP) is -0.726. The van der Waals surface area contributed by atoms with E-state index in [0.29, 0.717) is 0 Å². The van der Waals surface area contributed by atoms with Gasteiger partial charge in [-0.1, -0.05) is 0 Å². The van der Waals surface area contributed by atoms with Crippen LogP contribution >= 0.6 is 0 Å². The predicted molar refractivity (Wildman–Crippen MR) is 50.3 cm³/mol. The molecule has 0 saturated heterocycles. The molecule has 0 spiro atoms. The molecule has 2 amide bonds. The fourth-order valence-corrected chi connectivity index (χ4v) is 0.687. The molecule has 15 heavy (non-hydrogen) atoms. The Kier molecular flexibility index (Phi) is 5.14. The number of amides is 2. The van der Waals surface area contributed by atoms with Gasteiger partial charge >= 0.3 is 18.0 Å². The molecule has 0 aromatic rings. The summed E-state index contributed by atoms with van der Waals surface area (Å²) in [6, 6.07) is -1.65. The van der Waals surface area contributed by atoms with Crippen molar-refractivity contribution in [3.63, 3.8) is 0 Å². The number of rotatable bonds is 4. The molecule has 0 aliphatic rings. The molecule has 0 aliphatic carbocycles. The molecular formula is C8H14N2O5. The number of hydrogen-bond acceptors (Lipinski definition) is 4. The Hall–Kier alpha value is -1.79. The van der Waals surface area contributed by atoms with Crippen LogP contribution in [0.15, 0.2) is 0 Å². The average Bonchev–Trinajstić information content (AvgIpc) is 2.16. The van der Waals surface area contributed by atoms with Crippen molar-refractivity contribution in [1.82, 2.24) is 10.2 Å². The molecule has 0 aliphatic heterocycles. The van der Waals surface area contributed by atoms with Gasteiger partial charge in [0.15, 0.2) is 0 Å². The van der Waals surface area contributed by atoms with Crippen molar-refractivity contribution >= 4 is 18.0 Å². The number of urea groups is 1. The zero-order chi connectivity index (χ0) is 12.0. The number of aliphatic carboxylic acids is 1. The minimum atomic E-state index is -1.14. The van der Waals surface area contributed by atoms with Crippen LogP contribution in [0.2, 0.25) is 0 Å². The van der Waals surface area contributed by atoms with Crippen molar-refractivity contribution < 1.29 is 24.2 Å². The van der Waals surface area contributed by atoms with Crippen molar-refractivity contribution in [3.8, 4) is 0 Å². The van der Waals surface area contributed by atoms with E-state index in [4.69, 9.17) is 5.11 Å². The zero-order valence-electron chi connectivity index (χ0n) is 8.81. The van der Waals surface area contributed by atoms with Gasteiger partial charge in [0.05, 0.1) is 7.11 Å². The molecule has 0 heterocycles. The van der Waals surface area contributed by atoms with Crippen LogP contribution < -0.4 is 5.32 Å². The van der Waals surface area contributed by atoms with Crippen LogP contribution in [-0.4, -0.2) is 54.7 Å². The van der Waals surface area contributed by atoms with Crippen LogP contribution in [0, 0.1) is 0 Å². The van der Waals surface area contributed by atoms with E-state index in [1.165, 1.54) is 21.1 Å². The Labute approximate surface area is 87.0 Å². The maximum absolute atomic E-state index is 11.3. The first-order valence-electron chi connectivity index (χ1n) is 4.19. The maximum atomic E-state index is 11.3. The fraction of sp³-hybridized carbons (Fsp3) is 0.625. The number of esters is 1. The van der Waals surface area contributed by atoms with Gasteiger partial charge in [-0.15, -0.1) is 0 Å². The van der Waals surface area contributed by atoms with Crippen LogP contribution in [0.4, 0.5) is 4.79 Å². The molecule has 0 radical (unpaired) electrons. The van der Waals surface area contributed by atoms with Crippen molar-refractivity contribution in [2.75, 3.05) is 20.7 Å². The van der Waals surface area contributed by atoms with Crippen LogP contribution in [0.25, 0.3) is 0 Å². The number of carbonyl (C=O) groups is 3. The number of carboxylic acid groups (broad SMARTS) is 1. The monoisotopic (exact) mass is 218 g/mol. The van der Waals surface area contributed by atoms with Gasteiger partial charge in [-0.3, -0.25) is 9.59 Å². The molecule has 86 valence electrons. The van der Waals surface area contributed by atoms with Gasteiger partial charge in [-0.2, -0.15) is 0 Å². The second-order valence-corrected chi connectivity index (χ2v) is 2.94. The molecule has 0 rings (SSSR count). The molecule has 2 N–H and O–H groups in total. The van der Waals surface area contributed by atoms with Gasteiger partial charge in [0.1, 0.15) is 12.6 Å². The molecule has 1 atom stereocenters. The van der Waals surface area contributed by atoms with Gasteiger partial charge in [-0.05, 0) is 6.92 Å². The summed E-state index contributed by atoms with van der Waals surface area (Å²) in [4.78, 5) is 33.5. The standard InChI is InChI=1S/C8H14N2O5/c1-5(7(12)13)9-8(14)10(2)4-6(11)15-3/h5H,4H2,1-3H3,(H,9,14)(H,12,13). The number of nitrogens with zero attached hydrogens (tertiary/aromatic N) is 1. The summed E-state index contributed by atoms with van der Waals surface area (Å²) in [5.74, 6) is -1.72. The second-order valence-electron chi connectivity index (χ2n) is 2.94. The number of ether oxygens (including phenoxy) is 1. The Morgan fingerprint density at radius 2 is 2.00 bits per heavy atom. The van der Waals surface area contributed by atoms with Gasteiger partial charge < -0.3 is 20.1 Å². The van der Waals surface area contributed by atoms with E-state index >= 15 is 0 Å². The molecule has 1 unspecified atom stereocenters. The Morgan fingerprint density at radius 3 is 2.40 bits per heavy atom. The third-order valence-electron chi connectivity index (χ3n) is 1.65. The lowest BCUT2D eigenvalue weighted by molar-refractivity contribution is -0.141. The largest absolute Gasteiger partial charge is 0.480 e. The topological polar surface area (TPSA) is 95.9 Å². The average molecular weight is 218 g/mol. The minimum Gasteiger partial charge on any atom is -0.480 e. The minimum absolute atomic E-state index is 0.228. The highest BCUT2D eigenvalue weighted by molar-refractivity contribution is 5.84. The third-order valence-corrected chi connectivity index (χ3v) is 1.65. The number of carbonyl (C=O) groups excluding carboxylic acids is 2. The number of methoxy groups -OCH3 is 1. The quantitative estimate of drug-likeness (QED) is 0.607. The molecule has 0 fully saturated rings. The number of nitrogens with one attached hydrogen (secondary N) is 1. The summed E-state index contributed by atoms with van der Waals surface area (Å²) in [5.41, 5.74) is 0. The van der Waals surface area contributed by atoms with E-state index in [0.717, 1.165) is 4.90 Å². The molecule has 0 aromatic carbocycles. The Balaban J connectivity index is 4.10. The fourth-order valence-electron chi connectivity index (χ4n) is 0.687. The molecule has 0 aromatic heterocycles. The van der Waals surface area contributed by atoms with Crippen molar-refractivity contribution in [3.05, 3.63) is 0 Å². The van der Waals surface area contributed by atoms with Crippen LogP contribution in [0.5, 0.6) is 0 Å². The van der Waals surface area contributed by atoms with Gasteiger partial charge in [-0.25, -0.2) is 4.79 Å². The van der Waals surface area contributed by atoms with E-state index < -0.39 is 24.0 Å². The van der Waals surface area contributed by atoms with Crippen molar-refractivity contribution in [1.29, 1.82) is 0 Å². The molecule has 7 heteroatoms. The van der Waals surface area contributed by atoms with Crippen LogP contribution in [-0.2, 0) is 14.3 Å². The molecular weight excluding hydrogens is 204 g/mol. The van der Waals surface area contributed by atoms with E-state index in [-0.39, 0.29) is 6.54 Å². The summed E-state index contributed by atoms with van der Waals surface area (Å²) in [5, 5.41) is 10.7. The molecule has 7 nitrogen and oxygen atoms in total. The first kappa shape index (κ1) is 13.2. The van der Waals surface area contributed by atoms with Crippen molar-refractivity contribution in [2.45, 2.75) is 13.0 Å². The lowest BCUT2D eigenvalue weighted by atomic mass is 10.3. The lowest BCUT2D eigenvalue weighted by Crippen LogP contribution is -2.46. The van der Waals surface area contributed by atoms with Gasteiger partial charge in [0.25, 0.3) is 0 Å². The maximum Gasteiger partial charge on any atom is 0.325 e. The van der Waals surface area contributed by atoms with Gasteiger partial charge in [0, 0.05) is 7.05 Å². The highest BCUT2D eigenvalue weighted by Crippen LogP contribution is 1.89. The smallest absolute Gasteiger partial charge is 0.325 e. The first-order valence-corrected chi connectivity index (χ1v) is 4.19. The zero-order valence-corrected chi connectivity index (χ0v) is 8.81. The normalized spacial score (nSPS) is 11.4. The summed E-state index contributed by atoms with van der Waals surface area (Å²) in [6.07, 6.45) is 0. The van der Waals surface area contributed by atoms with E-state index in [1.807, 2.05) is 0 Å². The third kappa shape index (κ3) is 4.84. The van der Waals surface area contributed by atoms with Crippen LogP contribution in [0.3, 0.4) is 0 Å². The van der Waals surface area contributed by atoms with E-state index in [1.54, 1.807) is 0 Å². The SMILES string of the molecule is COC(=O)CN(C)C(=O)NC(C)C(=O)O. The summed E-state index contributed by atoms with van der Waals surface area (Å²) in [6.45, 7) is 1.10. The van der Waals surface area contributed by atoms with Gasteiger partial charge in [0.2, 0.25) is 0 Å². The summed E-state index contributed by atoms with van der Waals surface area (Å²) >= 11 is 0. The van der Waals surface area contributed by atoms with E-state index in [9.17, 15) is 14.4 Å². The molecule has 0 bridgehead atoms. The van der Waals surface area contributed by atoms with Crippen molar-refractivity contribution in [2.24, 2.45) is 0 Å². The number of carboxylic acids is 1. The highest BCUT2D eigenvalue weighted by Gasteiger charge is 2.18. The lowest BCUT2D eigenvalue weighted by Gasteiger charge is -2.18. The second kappa shape index (κ2) is 5.84. The summed E-state index contributed by atoms with van der Waals surface area (Å²) < 4.78 is 4.35. The van der Waals surface area contributed by atoms with Crippen LogP contribution in [0.1, 0.15) is 6.92 Å². The first-order chi connectivity index (χ1) is 6.88. The van der Waals surface area contributed by atoms with E-state index in [2.05, 4.69) is 10.1 Å².